The highest BCUT2D eigenvalue weighted by Gasteiger charge is 2.23. The summed E-state index contributed by atoms with van der Waals surface area (Å²) in [6, 6.07) is 0. The average molecular weight is 244 g/mol. The average Bonchev–Trinajstić information content (AvgIpc) is 2.55. The van der Waals surface area contributed by atoms with Gasteiger partial charge < -0.3 is 20.4 Å². The summed E-state index contributed by atoms with van der Waals surface area (Å²) in [6.07, 6.45) is -0.203. The molecule has 0 spiro atoms. The van der Waals surface area contributed by atoms with E-state index in [4.69, 9.17) is 20.4 Å². The van der Waals surface area contributed by atoms with E-state index in [0.717, 1.165) is 11.5 Å². The molecule has 1 saturated heterocycles. The van der Waals surface area contributed by atoms with Crippen molar-refractivity contribution in [3.63, 3.8) is 0 Å². The Bertz CT molecular complexity index is 428. The minimum atomic E-state index is -1.27. The molecular weight excluding hydrogens is 236 g/mol. The van der Waals surface area contributed by atoms with E-state index >= 15 is 0 Å². The van der Waals surface area contributed by atoms with Crippen LogP contribution in [0.15, 0.2) is 5.16 Å². The lowest BCUT2D eigenvalue weighted by atomic mass is 10.3. The van der Waals surface area contributed by atoms with Gasteiger partial charge in [0.15, 0.2) is 11.2 Å². The van der Waals surface area contributed by atoms with Gasteiger partial charge in [0.1, 0.15) is 0 Å². The fraction of sp³-hybridized carbons (Fsp3) is 0.429. The summed E-state index contributed by atoms with van der Waals surface area (Å²) in [7, 11) is 0. The van der Waals surface area contributed by atoms with Gasteiger partial charge in [-0.15, -0.1) is 0 Å². The van der Waals surface area contributed by atoms with E-state index in [1.54, 1.807) is 0 Å². The number of nitrogen functional groups attached to an aromatic ring is 1. The molecule has 9 heteroatoms. The van der Waals surface area contributed by atoms with Crippen molar-refractivity contribution in [3.8, 4) is 0 Å². The first-order chi connectivity index (χ1) is 7.66. The van der Waals surface area contributed by atoms with Gasteiger partial charge in [0.25, 0.3) is 0 Å². The summed E-state index contributed by atoms with van der Waals surface area (Å²) in [4.78, 5) is 19.5. The van der Waals surface area contributed by atoms with Gasteiger partial charge in [-0.05, 0) is 0 Å². The van der Waals surface area contributed by atoms with Crippen LogP contribution in [0, 0.1) is 0 Å². The van der Waals surface area contributed by atoms with Gasteiger partial charge in [0, 0.05) is 11.5 Å². The highest BCUT2D eigenvalue weighted by Crippen LogP contribution is 2.09. The molecule has 1 aromatic heterocycles. The number of hydrogen-bond acceptors (Lipinski definition) is 8. The van der Waals surface area contributed by atoms with E-state index in [1.807, 2.05) is 0 Å². The van der Waals surface area contributed by atoms with E-state index < -0.39 is 5.97 Å². The Morgan fingerprint density at radius 3 is 2.88 bits per heavy atom. The highest BCUT2D eigenvalue weighted by molar-refractivity contribution is 7.09. The summed E-state index contributed by atoms with van der Waals surface area (Å²) in [5.74, 6) is -1.31. The van der Waals surface area contributed by atoms with Gasteiger partial charge >= 0.3 is 5.97 Å². The molecule has 0 bridgehead atoms. The van der Waals surface area contributed by atoms with Crippen LogP contribution in [0.25, 0.3) is 0 Å². The molecule has 16 heavy (non-hydrogen) atoms. The zero-order valence-electron chi connectivity index (χ0n) is 7.99. The summed E-state index contributed by atoms with van der Waals surface area (Å²) in [5.41, 5.74) is 4.98. The van der Waals surface area contributed by atoms with Crippen molar-refractivity contribution in [2.75, 3.05) is 18.9 Å². The molecule has 1 fully saturated rings. The van der Waals surface area contributed by atoms with Gasteiger partial charge in [0.05, 0.1) is 13.2 Å². The molecule has 0 saturated carbocycles. The molecule has 0 amide bonds. The van der Waals surface area contributed by atoms with Crippen LogP contribution in [0.3, 0.4) is 0 Å². The number of rotatable bonds is 4. The molecule has 0 radical (unpaired) electrons. The summed E-state index contributed by atoms with van der Waals surface area (Å²) in [5, 5.41) is 12.6. The Balaban J connectivity index is 2.12. The Kier molecular flexibility index (Phi) is 2.97. The van der Waals surface area contributed by atoms with Gasteiger partial charge in [-0.3, -0.25) is 0 Å². The van der Waals surface area contributed by atoms with Crippen molar-refractivity contribution >= 4 is 28.3 Å². The Morgan fingerprint density at radius 2 is 2.44 bits per heavy atom. The van der Waals surface area contributed by atoms with Crippen LogP contribution in [0.5, 0.6) is 0 Å². The zero-order valence-corrected chi connectivity index (χ0v) is 8.81. The van der Waals surface area contributed by atoms with Crippen molar-refractivity contribution in [1.29, 1.82) is 0 Å². The second-order valence-electron chi connectivity index (χ2n) is 2.97. The summed E-state index contributed by atoms with van der Waals surface area (Å²) in [6.45, 7) is 0.812. The largest absolute Gasteiger partial charge is 0.476 e. The minimum absolute atomic E-state index is 0.0461. The smallest absolute Gasteiger partial charge is 0.362 e. The molecule has 1 aliphatic heterocycles. The van der Waals surface area contributed by atoms with Crippen LogP contribution in [0.1, 0.15) is 5.82 Å². The maximum absolute atomic E-state index is 10.9. The van der Waals surface area contributed by atoms with Crippen LogP contribution in [-0.2, 0) is 14.4 Å². The number of hydrogen-bond donors (Lipinski definition) is 2. The highest BCUT2D eigenvalue weighted by atomic mass is 32.1. The van der Waals surface area contributed by atoms with Gasteiger partial charge in [-0.2, -0.15) is 9.36 Å². The summed E-state index contributed by atoms with van der Waals surface area (Å²) >= 11 is 0.896. The second kappa shape index (κ2) is 4.41. The number of nitrogens with zero attached hydrogens (tertiary/aromatic N) is 3. The standard InChI is InChI=1S/C7H8N4O4S/c8-7-9-5(11-16-7)4(6(12)13)10-15-3-1-14-2-3/h3H,1-2H2,(H,12,13)(H2,8,9,11)/b10-4-. The van der Waals surface area contributed by atoms with E-state index in [-0.39, 0.29) is 22.8 Å². The summed E-state index contributed by atoms with van der Waals surface area (Å²) < 4.78 is 8.59. The first kappa shape index (κ1) is 10.8. The van der Waals surface area contributed by atoms with Gasteiger partial charge in [-0.25, -0.2) is 4.79 Å². The van der Waals surface area contributed by atoms with Crippen LogP contribution in [0.4, 0.5) is 5.13 Å². The lowest BCUT2D eigenvalue weighted by molar-refractivity contribution is -0.134. The maximum atomic E-state index is 10.9. The third-order valence-corrected chi connectivity index (χ3v) is 2.30. The topological polar surface area (TPSA) is 120 Å². The van der Waals surface area contributed by atoms with Crippen molar-refractivity contribution in [2.45, 2.75) is 6.10 Å². The molecule has 8 nitrogen and oxygen atoms in total. The van der Waals surface area contributed by atoms with Gasteiger partial charge in [0.2, 0.25) is 11.5 Å². The lowest BCUT2D eigenvalue weighted by Crippen LogP contribution is -2.35. The molecular formula is C7H8N4O4S. The van der Waals surface area contributed by atoms with Crippen LogP contribution >= 0.6 is 11.5 Å². The predicted molar refractivity (Wildman–Crippen MR) is 54.2 cm³/mol. The molecule has 0 aromatic carbocycles. The second-order valence-corrected chi connectivity index (χ2v) is 3.75. The Morgan fingerprint density at radius 1 is 1.69 bits per heavy atom. The third-order valence-electron chi connectivity index (χ3n) is 1.76. The van der Waals surface area contributed by atoms with Crippen LogP contribution in [0.2, 0.25) is 0 Å². The predicted octanol–water partition coefficient (Wildman–Crippen LogP) is -0.676. The van der Waals surface area contributed by atoms with Gasteiger partial charge in [-0.1, -0.05) is 5.16 Å². The monoisotopic (exact) mass is 244 g/mol. The molecule has 86 valence electrons. The SMILES string of the molecule is Nc1nc(/C(=N/OC2COC2)C(=O)O)ns1. The number of nitrogens with two attached hydrogens (primary N) is 1. The number of oxime groups is 1. The first-order valence-corrected chi connectivity index (χ1v) is 5.08. The molecule has 0 atom stereocenters. The normalized spacial score (nSPS) is 16.9. The molecule has 2 rings (SSSR count). The number of carboxylic acid groups (broad SMARTS) is 1. The third kappa shape index (κ3) is 2.25. The molecule has 0 aliphatic carbocycles. The van der Waals surface area contributed by atoms with E-state index in [1.165, 1.54) is 0 Å². The van der Waals surface area contributed by atoms with Crippen LogP contribution in [-0.4, -0.2) is 45.5 Å². The minimum Gasteiger partial charge on any atom is -0.476 e. The number of aromatic nitrogens is 2. The Hall–Kier alpha value is -1.74. The molecule has 2 heterocycles. The molecule has 0 unspecified atom stereocenters. The van der Waals surface area contributed by atoms with Crippen LogP contribution < -0.4 is 5.73 Å². The van der Waals surface area contributed by atoms with E-state index in [2.05, 4.69) is 14.5 Å². The molecule has 1 aromatic rings. The molecule has 3 N–H and O–H groups in total. The Labute approximate surface area is 93.8 Å². The van der Waals surface area contributed by atoms with Crippen molar-refractivity contribution in [2.24, 2.45) is 5.16 Å². The van der Waals surface area contributed by atoms with Crippen molar-refractivity contribution < 1.29 is 19.5 Å². The van der Waals surface area contributed by atoms with Crippen molar-refractivity contribution in [1.82, 2.24) is 9.36 Å². The quantitative estimate of drug-likeness (QED) is 0.532. The first-order valence-electron chi connectivity index (χ1n) is 4.31. The fourth-order valence-corrected chi connectivity index (χ4v) is 1.34. The van der Waals surface area contributed by atoms with E-state index in [9.17, 15) is 4.79 Å². The number of aliphatic carboxylic acids is 1. The lowest BCUT2D eigenvalue weighted by Gasteiger charge is -2.23. The number of carbonyl (C=O) groups is 1. The maximum Gasteiger partial charge on any atom is 0.362 e. The van der Waals surface area contributed by atoms with Crippen molar-refractivity contribution in [3.05, 3.63) is 5.82 Å². The zero-order chi connectivity index (χ0) is 11.5. The number of ether oxygens (including phenoxy) is 1. The van der Waals surface area contributed by atoms with E-state index in [0.29, 0.717) is 13.2 Å². The number of anilines is 1. The number of carboxylic acids is 1. The fourth-order valence-electron chi connectivity index (χ4n) is 0.909. The molecule has 1 aliphatic rings.